The third-order valence-electron chi connectivity index (χ3n) is 3.70. The van der Waals surface area contributed by atoms with Crippen LogP contribution in [0.3, 0.4) is 0 Å². The highest BCUT2D eigenvalue weighted by Gasteiger charge is 2.26. The maximum absolute atomic E-state index is 12.4. The quantitative estimate of drug-likeness (QED) is 0.894. The number of benzene rings is 2. The molecule has 0 saturated carbocycles. The molecule has 2 aromatic rings. The van der Waals surface area contributed by atoms with Crippen LogP contribution in [0, 0.1) is 12.8 Å². The fraction of sp³-hybridized carbons (Fsp3) is 0.235. The van der Waals surface area contributed by atoms with Crippen molar-refractivity contribution in [3.05, 3.63) is 58.1 Å². The molecule has 0 radical (unpaired) electrons. The lowest BCUT2D eigenvalue weighted by Crippen LogP contribution is -2.32. The minimum Gasteiger partial charge on any atom is -0.492 e. The minimum absolute atomic E-state index is 0.00919. The summed E-state index contributed by atoms with van der Waals surface area (Å²) in [5.74, 6) is 0.749. The molecule has 21 heavy (non-hydrogen) atoms. The summed E-state index contributed by atoms with van der Waals surface area (Å²) in [4.78, 5) is 12.4. The molecule has 0 spiro atoms. The summed E-state index contributed by atoms with van der Waals surface area (Å²) in [7, 11) is 0. The number of rotatable bonds is 2. The number of anilines is 1. The van der Waals surface area contributed by atoms with Crippen LogP contribution in [0.25, 0.3) is 0 Å². The Kier molecular flexibility index (Phi) is 3.97. The molecule has 0 saturated heterocycles. The number of aryl methyl sites for hydroxylation is 1. The number of carbonyl (C=O) groups excluding carboxylic acids is 1. The highest BCUT2D eigenvalue weighted by atomic mass is 79.9. The summed E-state index contributed by atoms with van der Waals surface area (Å²) in [6.45, 7) is 2.41. The van der Waals surface area contributed by atoms with Gasteiger partial charge in [-0.3, -0.25) is 4.79 Å². The summed E-state index contributed by atoms with van der Waals surface area (Å²) >= 11 is 3.42. The number of hydrogen-bond donors (Lipinski definition) is 1. The first kappa shape index (κ1) is 14.1. The fourth-order valence-electron chi connectivity index (χ4n) is 2.50. The van der Waals surface area contributed by atoms with Gasteiger partial charge in [-0.1, -0.05) is 34.1 Å². The Morgan fingerprint density at radius 3 is 2.90 bits per heavy atom. The van der Waals surface area contributed by atoms with E-state index in [9.17, 15) is 4.79 Å². The molecule has 1 unspecified atom stereocenters. The highest BCUT2D eigenvalue weighted by molar-refractivity contribution is 9.10. The van der Waals surface area contributed by atoms with Gasteiger partial charge in [0.1, 0.15) is 12.4 Å². The van der Waals surface area contributed by atoms with Crippen LogP contribution < -0.4 is 10.1 Å². The molecule has 108 valence electrons. The molecule has 0 aliphatic carbocycles. The Morgan fingerprint density at radius 2 is 2.10 bits per heavy atom. The number of carbonyl (C=O) groups is 1. The lowest BCUT2D eigenvalue weighted by molar-refractivity contribution is -0.121. The Labute approximate surface area is 132 Å². The van der Waals surface area contributed by atoms with Gasteiger partial charge in [0.25, 0.3) is 0 Å². The average Bonchev–Trinajstić information content (AvgIpc) is 2.49. The SMILES string of the molecule is Cc1cc(Br)ccc1NC(=O)C1COc2ccccc2C1. The van der Waals surface area contributed by atoms with E-state index in [2.05, 4.69) is 21.2 Å². The molecule has 1 aliphatic rings. The average molecular weight is 346 g/mol. The Balaban J connectivity index is 1.72. The predicted octanol–water partition coefficient (Wildman–Crippen LogP) is 3.95. The van der Waals surface area contributed by atoms with Crippen molar-refractivity contribution in [2.75, 3.05) is 11.9 Å². The van der Waals surface area contributed by atoms with E-state index in [1.165, 1.54) is 0 Å². The third-order valence-corrected chi connectivity index (χ3v) is 4.19. The van der Waals surface area contributed by atoms with Gasteiger partial charge < -0.3 is 10.1 Å². The normalized spacial score (nSPS) is 16.8. The van der Waals surface area contributed by atoms with E-state index in [1.54, 1.807) is 0 Å². The van der Waals surface area contributed by atoms with Gasteiger partial charge in [0.15, 0.2) is 0 Å². The summed E-state index contributed by atoms with van der Waals surface area (Å²) in [5, 5.41) is 3.00. The van der Waals surface area contributed by atoms with Crippen molar-refractivity contribution >= 4 is 27.5 Å². The van der Waals surface area contributed by atoms with Crippen LogP contribution in [0.5, 0.6) is 5.75 Å². The molecule has 0 bridgehead atoms. The number of para-hydroxylation sites is 1. The number of fused-ring (bicyclic) bond motifs is 1. The fourth-order valence-corrected chi connectivity index (χ4v) is 2.97. The van der Waals surface area contributed by atoms with Gasteiger partial charge in [-0.25, -0.2) is 0 Å². The highest BCUT2D eigenvalue weighted by Crippen LogP contribution is 2.28. The van der Waals surface area contributed by atoms with E-state index in [-0.39, 0.29) is 11.8 Å². The van der Waals surface area contributed by atoms with Gasteiger partial charge in [0.05, 0.1) is 5.92 Å². The Morgan fingerprint density at radius 1 is 1.29 bits per heavy atom. The van der Waals surface area contributed by atoms with Gasteiger partial charge in [0, 0.05) is 10.2 Å². The van der Waals surface area contributed by atoms with Crippen LogP contribution in [-0.2, 0) is 11.2 Å². The lowest BCUT2D eigenvalue weighted by atomic mass is 9.96. The second kappa shape index (κ2) is 5.90. The zero-order chi connectivity index (χ0) is 14.8. The largest absolute Gasteiger partial charge is 0.492 e. The van der Waals surface area contributed by atoms with E-state index < -0.39 is 0 Å². The lowest BCUT2D eigenvalue weighted by Gasteiger charge is -2.24. The molecule has 1 aliphatic heterocycles. The summed E-state index contributed by atoms with van der Waals surface area (Å²) < 4.78 is 6.68. The molecule has 0 fully saturated rings. The second-order valence-corrected chi connectivity index (χ2v) is 6.18. The van der Waals surface area contributed by atoms with Crippen LogP contribution in [0.1, 0.15) is 11.1 Å². The number of amides is 1. The number of halogens is 1. The molecular weight excluding hydrogens is 330 g/mol. The molecule has 4 heteroatoms. The maximum Gasteiger partial charge on any atom is 0.231 e. The van der Waals surface area contributed by atoms with E-state index in [0.717, 1.165) is 33.5 Å². The monoisotopic (exact) mass is 345 g/mol. The zero-order valence-electron chi connectivity index (χ0n) is 11.7. The molecule has 1 N–H and O–H groups in total. The van der Waals surface area contributed by atoms with E-state index in [0.29, 0.717) is 6.61 Å². The van der Waals surface area contributed by atoms with Crippen molar-refractivity contribution < 1.29 is 9.53 Å². The van der Waals surface area contributed by atoms with Gasteiger partial charge in [0.2, 0.25) is 5.91 Å². The van der Waals surface area contributed by atoms with Gasteiger partial charge in [-0.2, -0.15) is 0 Å². The van der Waals surface area contributed by atoms with Crippen LogP contribution in [0.4, 0.5) is 5.69 Å². The number of hydrogen-bond acceptors (Lipinski definition) is 2. The van der Waals surface area contributed by atoms with Gasteiger partial charge in [-0.15, -0.1) is 0 Å². The summed E-state index contributed by atoms with van der Waals surface area (Å²) in [6, 6.07) is 13.7. The molecule has 2 aromatic carbocycles. The van der Waals surface area contributed by atoms with Crippen molar-refractivity contribution in [1.82, 2.24) is 0 Å². The van der Waals surface area contributed by atoms with E-state index >= 15 is 0 Å². The smallest absolute Gasteiger partial charge is 0.231 e. The van der Waals surface area contributed by atoms with Crippen LogP contribution in [0.15, 0.2) is 46.9 Å². The molecular formula is C17H16BrNO2. The molecule has 3 nitrogen and oxygen atoms in total. The van der Waals surface area contributed by atoms with E-state index in [4.69, 9.17) is 4.74 Å². The molecule has 1 atom stereocenters. The van der Waals surface area contributed by atoms with Crippen molar-refractivity contribution in [1.29, 1.82) is 0 Å². The maximum atomic E-state index is 12.4. The Bertz CT molecular complexity index is 684. The van der Waals surface area contributed by atoms with Crippen molar-refractivity contribution in [3.8, 4) is 5.75 Å². The first-order chi connectivity index (χ1) is 10.1. The second-order valence-electron chi connectivity index (χ2n) is 5.27. The molecule has 1 amide bonds. The predicted molar refractivity (Wildman–Crippen MR) is 86.6 cm³/mol. The number of ether oxygens (including phenoxy) is 1. The van der Waals surface area contributed by atoms with Gasteiger partial charge in [-0.05, 0) is 48.7 Å². The summed E-state index contributed by atoms with van der Waals surface area (Å²) in [5.41, 5.74) is 2.98. The minimum atomic E-state index is -0.150. The van der Waals surface area contributed by atoms with Crippen LogP contribution in [0.2, 0.25) is 0 Å². The van der Waals surface area contributed by atoms with Crippen LogP contribution >= 0.6 is 15.9 Å². The molecule has 3 rings (SSSR count). The van der Waals surface area contributed by atoms with Gasteiger partial charge >= 0.3 is 0 Å². The Hall–Kier alpha value is -1.81. The number of nitrogens with one attached hydrogen (secondary N) is 1. The van der Waals surface area contributed by atoms with Crippen molar-refractivity contribution in [2.24, 2.45) is 5.92 Å². The summed E-state index contributed by atoms with van der Waals surface area (Å²) in [6.07, 6.45) is 0.720. The zero-order valence-corrected chi connectivity index (χ0v) is 13.3. The van der Waals surface area contributed by atoms with E-state index in [1.807, 2.05) is 49.4 Å². The first-order valence-corrected chi connectivity index (χ1v) is 7.70. The van der Waals surface area contributed by atoms with Crippen molar-refractivity contribution in [2.45, 2.75) is 13.3 Å². The van der Waals surface area contributed by atoms with Crippen LogP contribution in [-0.4, -0.2) is 12.5 Å². The standard InChI is InChI=1S/C17H16BrNO2/c1-11-8-14(18)6-7-15(11)19-17(20)13-9-12-4-2-3-5-16(12)21-10-13/h2-8,13H,9-10H2,1H3,(H,19,20). The molecule has 0 aromatic heterocycles. The molecule has 1 heterocycles. The third kappa shape index (κ3) is 3.10. The first-order valence-electron chi connectivity index (χ1n) is 6.91. The topological polar surface area (TPSA) is 38.3 Å². The van der Waals surface area contributed by atoms with Crippen molar-refractivity contribution in [3.63, 3.8) is 0 Å².